The molecule has 2 heterocycles. The monoisotopic (exact) mass is 215 g/mol. The number of nitrogens with zero attached hydrogens (tertiary/aromatic N) is 3. The van der Waals surface area contributed by atoms with Crippen molar-refractivity contribution in [3.8, 4) is 5.69 Å². The second-order valence-corrected chi connectivity index (χ2v) is 3.88. The van der Waals surface area contributed by atoms with Crippen molar-refractivity contribution in [1.29, 1.82) is 0 Å². The predicted molar refractivity (Wildman–Crippen MR) is 61.7 cm³/mol. The third-order valence-electron chi connectivity index (χ3n) is 2.36. The lowest BCUT2D eigenvalue weighted by molar-refractivity contribution is 0.817. The molecule has 82 valence electrons. The van der Waals surface area contributed by atoms with E-state index in [0.717, 1.165) is 11.4 Å². The second-order valence-electron chi connectivity index (χ2n) is 3.88. The Morgan fingerprint density at radius 1 is 1.25 bits per heavy atom. The van der Waals surface area contributed by atoms with Crippen molar-refractivity contribution in [2.75, 3.05) is 0 Å². The fourth-order valence-corrected chi connectivity index (χ4v) is 1.44. The van der Waals surface area contributed by atoms with Crippen molar-refractivity contribution in [2.24, 2.45) is 0 Å². The van der Waals surface area contributed by atoms with E-state index in [4.69, 9.17) is 0 Å². The van der Waals surface area contributed by atoms with Gasteiger partial charge >= 0.3 is 0 Å². The number of rotatable bonds is 2. The third kappa shape index (κ3) is 2.00. The molecule has 0 aliphatic heterocycles. The maximum absolute atomic E-state index is 11.5. The minimum Gasteiger partial charge on any atom is -0.280 e. The molecule has 0 bridgehead atoms. The molecule has 2 rings (SSSR count). The molecular weight excluding hydrogens is 202 g/mol. The molecule has 16 heavy (non-hydrogen) atoms. The summed E-state index contributed by atoms with van der Waals surface area (Å²) in [4.78, 5) is 19.6. The Balaban J connectivity index is 2.43. The Morgan fingerprint density at radius 3 is 2.62 bits per heavy atom. The highest BCUT2D eigenvalue weighted by molar-refractivity contribution is 5.30. The summed E-state index contributed by atoms with van der Waals surface area (Å²) in [7, 11) is 0. The SMILES string of the molecule is CC(C)c1ccc(-n2ccncc2=O)cn1. The Bertz CT molecular complexity index is 528. The van der Waals surface area contributed by atoms with Gasteiger partial charge in [0.2, 0.25) is 0 Å². The van der Waals surface area contributed by atoms with Crippen molar-refractivity contribution in [3.63, 3.8) is 0 Å². The molecule has 4 heteroatoms. The molecule has 2 aromatic rings. The van der Waals surface area contributed by atoms with Crippen molar-refractivity contribution in [1.82, 2.24) is 14.5 Å². The molecule has 0 saturated carbocycles. The summed E-state index contributed by atoms with van der Waals surface area (Å²) < 4.78 is 1.52. The molecule has 0 unspecified atom stereocenters. The molecule has 0 aliphatic carbocycles. The van der Waals surface area contributed by atoms with Crippen molar-refractivity contribution < 1.29 is 0 Å². The van der Waals surface area contributed by atoms with Crippen LogP contribution in [0.2, 0.25) is 0 Å². The van der Waals surface area contributed by atoms with E-state index in [2.05, 4.69) is 23.8 Å². The van der Waals surface area contributed by atoms with Gasteiger partial charge in [0.15, 0.2) is 0 Å². The summed E-state index contributed by atoms with van der Waals surface area (Å²) in [5, 5.41) is 0. The minimum absolute atomic E-state index is 0.151. The Morgan fingerprint density at radius 2 is 2.06 bits per heavy atom. The average Bonchev–Trinajstić information content (AvgIpc) is 2.30. The van der Waals surface area contributed by atoms with Crippen LogP contribution in [0, 0.1) is 0 Å². The van der Waals surface area contributed by atoms with Crippen LogP contribution >= 0.6 is 0 Å². The first kappa shape index (κ1) is 10.5. The van der Waals surface area contributed by atoms with Crippen LogP contribution in [0.4, 0.5) is 0 Å². The van der Waals surface area contributed by atoms with Gasteiger partial charge in [0.25, 0.3) is 5.56 Å². The van der Waals surface area contributed by atoms with E-state index in [1.165, 1.54) is 10.8 Å². The van der Waals surface area contributed by atoms with E-state index < -0.39 is 0 Å². The molecule has 4 nitrogen and oxygen atoms in total. The standard InChI is InChI=1S/C12H13N3O/c1-9(2)11-4-3-10(7-14-11)15-6-5-13-8-12(15)16/h3-9H,1-2H3. The van der Waals surface area contributed by atoms with Crippen LogP contribution < -0.4 is 5.56 Å². The summed E-state index contributed by atoms with van der Waals surface area (Å²) >= 11 is 0. The predicted octanol–water partition coefficient (Wildman–Crippen LogP) is 1.75. The minimum atomic E-state index is -0.151. The van der Waals surface area contributed by atoms with Gasteiger partial charge in [-0.2, -0.15) is 0 Å². The summed E-state index contributed by atoms with van der Waals surface area (Å²) in [5.74, 6) is 0.392. The number of aromatic nitrogens is 3. The zero-order valence-electron chi connectivity index (χ0n) is 9.29. The van der Waals surface area contributed by atoms with Crippen LogP contribution in [0.3, 0.4) is 0 Å². The van der Waals surface area contributed by atoms with E-state index in [9.17, 15) is 4.79 Å². The van der Waals surface area contributed by atoms with Crippen LogP contribution in [-0.4, -0.2) is 14.5 Å². The molecule has 0 aromatic carbocycles. The molecule has 0 spiro atoms. The number of hydrogen-bond acceptors (Lipinski definition) is 3. The number of pyridine rings is 1. The smallest absolute Gasteiger partial charge is 0.273 e. The van der Waals surface area contributed by atoms with Crippen LogP contribution in [0.15, 0.2) is 41.7 Å². The molecule has 0 fully saturated rings. The molecule has 0 saturated heterocycles. The molecular formula is C12H13N3O. The highest BCUT2D eigenvalue weighted by Gasteiger charge is 2.02. The fraction of sp³-hybridized carbons (Fsp3) is 0.250. The van der Waals surface area contributed by atoms with Gasteiger partial charge in [-0.1, -0.05) is 13.8 Å². The molecule has 0 aliphatic rings. The first-order chi connectivity index (χ1) is 7.68. The van der Waals surface area contributed by atoms with Gasteiger partial charge in [-0.3, -0.25) is 19.3 Å². The Labute approximate surface area is 93.6 Å². The highest BCUT2D eigenvalue weighted by Crippen LogP contribution is 2.12. The molecule has 0 N–H and O–H groups in total. The third-order valence-corrected chi connectivity index (χ3v) is 2.36. The maximum Gasteiger partial charge on any atom is 0.273 e. The van der Waals surface area contributed by atoms with Crippen molar-refractivity contribution in [2.45, 2.75) is 19.8 Å². The second kappa shape index (κ2) is 4.26. The number of hydrogen-bond donors (Lipinski definition) is 0. The van der Waals surface area contributed by atoms with Gasteiger partial charge in [0.05, 0.1) is 18.1 Å². The van der Waals surface area contributed by atoms with E-state index in [-0.39, 0.29) is 5.56 Å². The van der Waals surface area contributed by atoms with Gasteiger partial charge in [0, 0.05) is 18.1 Å². The van der Waals surface area contributed by atoms with Crippen LogP contribution in [0.25, 0.3) is 5.69 Å². The highest BCUT2D eigenvalue weighted by atomic mass is 16.1. The van der Waals surface area contributed by atoms with Crippen LogP contribution in [-0.2, 0) is 0 Å². The van der Waals surface area contributed by atoms with Crippen LogP contribution in [0.5, 0.6) is 0 Å². The summed E-state index contributed by atoms with van der Waals surface area (Å²) in [6.07, 6.45) is 6.21. The van der Waals surface area contributed by atoms with Gasteiger partial charge < -0.3 is 0 Å². The van der Waals surface area contributed by atoms with Gasteiger partial charge in [0.1, 0.15) is 0 Å². The lowest BCUT2D eigenvalue weighted by Crippen LogP contribution is -2.16. The average molecular weight is 215 g/mol. The summed E-state index contributed by atoms with van der Waals surface area (Å²) in [6.45, 7) is 4.17. The zero-order chi connectivity index (χ0) is 11.5. The lowest BCUT2D eigenvalue weighted by atomic mass is 10.1. The summed E-state index contributed by atoms with van der Waals surface area (Å²) in [5.41, 5.74) is 1.63. The topological polar surface area (TPSA) is 47.8 Å². The zero-order valence-corrected chi connectivity index (χ0v) is 9.29. The van der Waals surface area contributed by atoms with E-state index in [1.54, 1.807) is 18.6 Å². The van der Waals surface area contributed by atoms with Gasteiger partial charge in [-0.05, 0) is 18.1 Å². The molecule has 0 radical (unpaired) electrons. The van der Waals surface area contributed by atoms with E-state index in [0.29, 0.717) is 5.92 Å². The molecule has 0 atom stereocenters. The first-order valence-electron chi connectivity index (χ1n) is 5.17. The first-order valence-corrected chi connectivity index (χ1v) is 5.17. The molecule has 0 amide bonds. The maximum atomic E-state index is 11.5. The van der Waals surface area contributed by atoms with Crippen LogP contribution in [0.1, 0.15) is 25.5 Å². The largest absolute Gasteiger partial charge is 0.280 e. The van der Waals surface area contributed by atoms with E-state index in [1.807, 2.05) is 12.1 Å². The normalized spacial score (nSPS) is 10.7. The van der Waals surface area contributed by atoms with Gasteiger partial charge in [-0.25, -0.2) is 0 Å². The van der Waals surface area contributed by atoms with Crippen molar-refractivity contribution >= 4 is 0 Å². The Kier molecular flexibility index (Phi) is 2.81. The van der Waals surface area contributed by atoms with Crippen molar-refractivity contribution in [3.05, 3.63) is 53.0 Å². The van der Waals surface area contributed by atoms with Gasteiger partial charge in [-0.15, -0.1) is 0 Å². The Hall–Kier alpha value is -1.97. The molecule has 2 aromatic heterocycles. The fourth-order valence-electron chi connectivity index (χ4n) is 1.44. The summed E-state index contributed by atoms with van der Waals surface area (Å²) in [6, 6.07) is 3.83. The quantitative estimate of drug-likeness (QED) is 0.766. The lowest BCUT2D eigenvalue weighted by Gasteiger charge is -2.07. The van der Waals surface area contributed by atoms with E-state index >= 15 is 0 Å².